The van der Waals surface area contributed by atoms with E-state index in [-0.39, 0.29) is 17.5 Å². The molecule has 5 heteroatoms. The number of nitrogens with zero attached hydrogens (tertiary/aromatic N) is 2. The van der Waals surface area contributed by atoms with Crippen LogP contribution in [-0.4, -0.2) is 48.5 Å². The summed E-state index contributed by atoms with van der Waals surface area (Å²) in [5, 5.41) is 0. The van der Waals surface area contributed by atoms with Gasteiger partial charge in [-0.15, -0.1) is 0 Å². The van der Waals surface area contributed by atoms with Crippen LogP contribution >= 0.6 is 0 Å². The van der Waals surface area contributed by atoms with E-state index in [9.17, 15) is 4.79 Å². The van der Waals surface area contributed by atoms with Crippen LogP contribution in [0.1, 0.15) is 71.1 Å². The van der Waals surface area contributed by atoms with Crippen molar-refractivity contribution in [3.8, 4) is 5.75 Å². The van der Waals surface area contributed by atoms with E-state index in [0.29, 0.717) is 24.2 Å². The minimum absolute atomic E-state index is 0.178. The van der Waals surface area contributed by atoms with Gasteiger partial charge in [0.25, 0.3) is 5.91 Å². The molecule has 3 aliphatic rings. The van der Waals surface area contributed by atoms with Gasteiger partial charge in [-0.3, -0.25) is 9.69 Å². The van der Waals surface area contributed by atoms with Crippen molar-refractivity contribution in [2.75, 3.05) is 32.8 Å². The molecule has 0 spiro atoms. The van der Waals surface area contributed by atoms with E-state index in [2.05, 4.69) is 65.6 Å². The van der Waals surface area contributed by atoms with Crippen molar-refractivity contribution in [2.24, 2.45) is 5.92 Å². The molecule has 0 radical (unpaired) electrons. The second-order valence-corrected chi connectivity index (χ2v) is 10.8. The Bertz CT molecular complexity index is 1180. The van der Waals surface area contributed by atoms with Crippen molar-refractivity contribution in [2.45, 2.75) is 44.1 Å². The fraction of sp³-hybridized carbons (Fsp3) is 0.406. The standard InChI is InChI=1S/C32H35FN2O2/c33-29-20-30(27(24-13-14-24)19-28(29)32(36)34-16-7-8-17-34)37-22-23-15-18-35(21-23)31(25-9-3-1-4-10-25)26-11-5-2-6-12-26/h1-6,9-12,19-20,23-24,31H,7-8,13-18,21-22H2. The molecule has 2 aliphatic heterocycles. The van der Waals surface area contributed by atoms with Crippen LogP contribution in [0.5, 0.6) is 5.75 Å². The molecule has 3 aromatic carbocycles. The zero-order valence-electron chi connectivity index (χ0n) is 21.3. The van der Waals surface area contributed by atoms with E-state index in [4.69, 9.17) is 4.74 Å². The highest BCUT2D eigenvalue weighted by molar-refractivity contribution is 5.95. The topological polar surface area (TPSA) is 32.8 Å². The number of rotatable bonds is 8. The van der Waals surface area contributed by atoms with Crippen molar-refractivity contribution in [3.05, 3.63) is 101 Å². The van der Waals surface area contributed by atoms with Gasteiger partial charge in [0, 0.05) is 31.6 Å². The Hall–Kier alpha value is -3.18. The molecule has 2 saturated heterocycles. The number of hydrogen-bond donors (Lipinski definition) is 0. The number of hydrogen-bond acceptors (Lipinski definition) is 3. The molecule has 37 heavy (non-hydrogen) atoms. The molecule has 2 heterocycles. The van der Waals surface area contributed by atoms with Crippen molar-refractivity contribution < 1.29 is 13.9 Å². The summed E-state index contributed by atoms with van der Waals surface area (Å²) in [6.07, 6.45) is 5.19. The highest BCUT2D eigenvalue weighted by atomic mass is 19.1. The third-order valence-electron chi connectivity index (χ3n) is 8.13. The lowest BCUT2D eigenvalue weighted by molar-refractivity contribution is 0.0788. The molecule has 6 rings (SSSR count). The van der Waals surface area contributed by atoms with Crippen LogP contribution in [-0.2, 0) is 0 Å². The van der Waals surface area contributed by atoms with Gasteiger partial charge in [0.2, 0.25) is 0 Å². The van der Waals surface area contributed by atoms with Gasteiger partial charge in [-0.05, 0) is 67.3 Å². The van der Waals surface area contributed by atoms with Gasteiger partial charge in [0.1, 0.15) is 11.6 Å². The summed E-state index contributed by atoms with van der Waals surface area (Å²) in [6, 6.07) is 24.8. The number of halogens is 1. The minimum atomic E-state index is -0.461. The van der Waals surface area contributed by atoms with E-state index in [0.717, 1.165) is 63.8 Å². The summed E-state index contributed by atoms with van der Waals surface area (Å²) >= 11 is 0. The van der Waals surface area contributed by atoms with Crippen LogP contribution in [0.3, 0.4) is 0 Å². The minimum Gasteiger partial charge on any atom is -0.493 e. The fourth-order valence-electron chi connectivity index (χ4n) is 5.99. The first kappa shape index (κ1) is 24.2. The predicted molar refractivity (Wildman–Crippen MR) is 143 cm³/mol. The van der Waals surface area contributed by atoms with E-state index in [1.807, 2.05) is 0 Å². The summed E-state index contributed by atoms with van der Waals surface area (Å²) in [6.45, 7) is 3.93. The highest BCUT2D eigenvalue weighted by Crippen LogP contribution is 2.45. The van der Waals surface area contributed by atoms with Gasteiger partial charge in [0.15, 0.2) is 0 Å². The maximum Gasteiger partial charge on any atom is 0.256 e. The molecule has 0 N–H and O–H groups in total. The van der Waals surface area contributed by atoms with Gasteiger partial charge in [-0.25, -0.2) is 4.39 Å². The first-order valence-electron chi connectivity index (χ1n) is 13.8. The van der Waals surface area contributed by atoms with Gasteiger partial charge in [-0.1, -0.05) is 60.7 Å². The van der Waals surface area contributed by atoms with Gasteiger partial charge < -0.3 is 9.64 Å². The van der Waals surface area contributed by atoms with Crippen molar-refractivity contribution in [1.82, 2.24) is 9.80 Å². The van der Waals surface area contributed by atoms with Crippen molar-refractivity contribution in [3.63, 3.8) is 0 Å². The Balaban J connectivity index is 1.16. The number of amides is 1. The maximum absolute atomic E-state index is 15.1. The molecule has 1 saturated carbocycles. The van der Waals surface area contributed by atoms with Crippen molar-refractivity contribution >= 4 is 5.91 Å². The normalized spacial score (nSPS) is 20.1. The first-order valence-corrected chi connectivity index (χ1v) is 13.8. The molecule has 1 amide bonds. The molecule has 1 aliphatic carbocycles. The number of carbonyl (C=O) groups is 1. The van der Waals surface area contributed by atoms with Gasteiger partial charge in [0.05, 0.1) is 18.2 Å². The molecule has 0 bridgehead atoms. The van der Waals surface area contributed by atoms with Crippen LogP contribution in [0.15, 0.2) is 72.8 Å². The molecule has 3 fully saturated rings. The monoisotopic (exact) mass is 498 g/mol. The zero-order chi connectivity index (χ0) is 25.2. The number of benzene rings is 3. The molecular formula is C32H35FN2O2. The second-order valence-electron chi connectivity index (χ2n) is 10.8. The first-order chi connectivity index (χ1) is 18.2. The summed E-state index contributed by atoms with van der Waals surface area (Å²) in [5.74, 6) is 0.733. The number of ether oxygens (including phenoxy) is 1. The van der Waals surface area contributed by atoms with E-state index < -0.39 is 5.82 Å². The maximum atomic E-state index is 15.1. The summed E-state index contributed by atoms with van der Waals surface area (Å²) in [4.78, 5) is 17.2. The van der Waals surface area contributed by atoms with E-state index >= 15 is 4.39 Å². The summed E-state index contributed by atoms with van der Waals surface area (Å²) < 4.78 is 21.4. The van der Waals surface area contributed by atoms with Crippen molar-refractivity contribution in [1.29, 1.82) is 0 Å². The summed E-state index contributed by atoms with van der Waals surface area (Å²) in [5.41, 5.74) is 3.81. The third-order valence-corrected chi connectivity index (χ3v) is 8.13. The van der Waals surface area contributed by atoms with Crippen LogP contribution in [0.2, 0.25) is 0 Å². The lowest BCUT2D eigenvalue weighted by atomic mass is 9.97. The zero-order valence-corrected chi connectivity index (χ0v) is 21.3. The van der Waals surface area contributed by atoms with E-state index in [1.165, 1.54) is 17.2 Å². The van der Waals surface area contributed by atoms with Gasteiger partial charge in [-0.2, -0.15) is 0 Å². The highest BCUT2D eigenvalue weighted by Gasteiger charge is 2.33. The van der Waals surface area contributed by atoms with E-state index in [1.54, 1.807) is 11.0 Å². The third kappa shape index (κ3) is 5.28. The molecule has 4 nitrogen and oxygen atoms in total. The molecule has 0 aromatic heterocycles. The Labute approximate surface area is 219 Å². The predicted octanol–water partition coefficient (Wildman–Crippen LogP) is 6.43. The van der Waals surface area contributed by atoms with Crippen LogP contribution in [0, 0.1) is 11.7 Å². The molecule has 1 atom stereocenters. The Morgan fingerprint density at radius 2 is 1.54 bits per heavy atom. The Morgan fingerprint density at radius 1 is 0.892 bits per heavy atom. The largest absolute Gasteiger partial charge is 0.493 e. The lowest BCUT2D eigenvalue weighted by Gasteiger charge is -2.29. The van der Waals surface area contributed by atoms with Crippen LogP contribution < -0.4 is 4.74 Å². The fourth-order valence-corrected chi connectivity index (χ4v) is 5.99. The lowest BCUT2D eigenvalue weighted by Crippen LogP contribution is -2.29. The number of carbonyl (C=O) groups excluding carboxylic acids is 1. The van der Waals surface area contributed by atoms with Gasteiger partial charge >= 0.3 is 0 Å². The smallest absolute Gasteiger partial charge is 0.256 e. The average Bonchev–Trinajstić information content (AvgIpc) is 3.42. The number of likely N-dealkylation sites (tertiary alicyclic amines) is 2. The van der Waals surface area contributed by atoms with Crippen LogP contribution in [0.4, 0.5) is 4.39 Å². The molecule has 1 unspecified atom stereocenters. The Kier molecular flexibility index (Phi) is 6.97. The summed E-state index contributed by atoms with van der Waals surface area (Å²) in [7, 11) is 0. The van der Waals surface area contributed by atoms with Crippen LogP contribution in [0.25, 0.3) is 0 Å². The molecule has 192 valence electrons. The SMILES string of the molecule is O=C(c1cc(C2CC2)c(OCC2CCN(C(c3ccccc3)c3ccccc3)C2)cc1F)N1CCCC1. The average molecular weight is 499 g/mol. The quantitative estimate of drug-likeness (QED) is 0.359. The Morgan fingerprint density at radius 3 is 2.16 bits per heavy atom. The second kappa shape index (κ2) is 10.7. The molecular weight excluding hydrogens is 463 g/mol. The molecule has 3 aromatic rings.